The number of nitrogens with zero attached hydrogens (tertiary/aromatic N) is 8. The van der Waals surface area contributed by atoms with Gasteiger partial charge in [-0.05, 0) is 187 Å². The fourth-order valence-electron chi connectivity index (χ4n) is 9.08. The Labute approximate surface area is 560 Å². The molecule has 10 N–H and O–H groups in total. The number of amides is 4. The van der Waals surface area contributed by atoms with Crippen LogP contribution in [-0.2, 0) is 9.47 Å². The van der Waals surface area contributed by atoms with E-state index in [0.29, 0.717) is 89.8 Å². The molecule has 2 aromatic heterocycles. The predicted octanol–water partition coefficient (Wildman–Crippen LogP) is 10.7. The molecule has 0 spiro atoms. The van der Waals surface area contributed by atoms with Crippen molar-refractivity contribution in [1.82, 2.24) is 30.4 Å². The van der Waals surface area contributed by atoms with Crippen LogP contribution in [0.4, 0.5) is 32.3 Å². The van der Waals surface area contributed by atoms with Gasteiger partial charge in [-0.1, -0.05) is 27.7 Å². The number of ether oxygens (including phenoxy) is 2. The minimum atomic E-state index is -1.17. The molecule has 6 aromatic rings. The number of rotatable bonds is 10. The Morgan fingerprint density at radius 2 is 0.830 bits per heavy atom. The normalized spacial score (nSPS) is 17.3. The van der Waals surface area contributed by atoms with E-state index in [0.717, 1.165) is 72.4 Å². The summed E-state index contributed by atoms with van der Waals surface area (Å²) in [5, 5.41) is 29.2. The van der Waals surface area contributed by atoms with E-state index in [-0.39, 0.29) is 65.8 Å². The fourth-order valence-corrected chi connectivity index (χ4v) is 9.08. The van der Waals surface area contributed by atoms with Crippen molar-refractivity contribution in [1.29, 1.82) is 0 Å². The van der Waals surface area contributed by atoms with Crippen LogP contribution in [-0.4, -0.2) is 153 Å². The van der Waals surface area contributed by atoms with Crippen molar-refractivity contribution in [3.8, 4) is 0 Å². The van der Waals surface area contributed by atoms with Gasteiger partial charge in [-0.2, -0.15) is 0 Å². The number of nitrogen functional groups attached to an aromatic ring is 2. The molecule has 0 bridgehead atoms. The van der Waals surface area contributed by atoms with Gasteiger partial charge < -0.3 is 52.4 Å². The Morgan fingerprint density at radius 3 is 1.17 bits per heavy atom. The zero-order valence-corrected chi connectivity index (χ0v) is 56.0. The lowest BCUT2D eigenvalue weighted by Gasteiger charge is -2.32. The van der Waals surface area contributed by atoms with Gasteiger partial charge in [0.2, 0.25) is 0 Å². The summed E-state index contributed by atoms with van der Waals surface area (Å²) in [5.41, 5.74) is 17.2. The number of nitrogens with two attached hydrogens (primary N) is 2. The molecule has 26 heteroatoms. The Hall–Kier alpha value is -9.94. The molecule has 4 atom stereocenters. The molecule has 0 saturated heterocycles. The van der Waals surface area contributed by atoms with E-state index >= 15 is 0 Å². The number of halogens is 2. The van der Waals surface area contributed by atoms with Crippen molar-refractivity contribution in [2.24, 2.45) is 43.6 Å². The van der Waals surface area contributed by atoms with E-state index < -0.39 is 23.1 Å². The molecule has 4 aromatic carbocycles. The molecule has 24 nitrogen and oxygen atoms in total. The minimum absolute atomic E-state index is 0. The van der Waals surface area contributed by atoms with Crippen LogP contribution in [0.15, 0.2) is 154 Å². The number of amidine groups is 4. The van der Waals surface area contributed by atoms with Gasteiger partial charge in [0.1, 0.15) is 45.9 Å². The van der Waals surface area contributed by atoms with E-state index in [2.05, 4.69) is 78.9 Å². The molecular formula is C68H84Cl2N14O10. The number of benzene rings is 4. The monoisotopic (exact) mass is 1330 g/mol. The van der Waals surface area contributed by atoms with Crippen molar-refractivity contribution >= 4 is 107 Å². The second kappa shape index (κ2) is 34.1. The molecule has 0 saturated carbocycles. The molecule has 0 radical (unpaired) electrons. The van der Waals surface area contributed by atoms with Gasteiger partial charge in [-0.3, -0.25) is 44.3 Å². The maximum absolute atomic E-state index is 12.7. The van der Waals surface area contributed by atoms with E-state index in [4.69, 9.17) is 31.2 Å². The number of aromatic carboxylic acids is 2. The van der Waals surface area contributed by atoms with Gasteiger partial charge in [0, 0.05) is 110 Å². The Kier molecular flexibility index (Phi) is 27.1. The molecule has 4 aliphatic rings. The van der Waals surface area contributed by atoms with Gasteiger partial charge in [0.05, 0.1) is 11.1 Å². The molecule has 500 valence electrons. The zero-order chi connectivity index (χ0) is 66.9. The average molecular weight is 1330 g/mol. The van der Waals surface area contributed by atoms with Crippen molar-refractivity contribution < 1.29 is 48.5 Å². The SMILES string of the molecule is CC1CN=C(c2ccc(N)cc2)N(C(=O)OC(C)(C)C)C1.CC1CN=C(c2ccc(N)cc2)N(C(=O)OC(C)(C)C)C1.CC1CN=C(c2ccc(NC(=O)c3ccc(C(=O)Nc4ccc(C5=NCC(C)CN5)cc4)nc3)cc2)NC1.Cl.Cl.O=C(O)c1ccc(C(=O)O)nc1. The summed E-state index contributed by atoms with van der Waals surface area (Å²) in [7, 11) is 0. The standard InChI is InChI=1S/C29H31N7O2.2C16H23N3O2.C7H5NO4.2ClH/c1-18-13-31-26(32-14-18)20-3-8-23(9-4-20)35-28(37)22-7-12-25(30-17-22)29(38)36-24-10-5-21(6-11-24)27-33-15-19(2)16-34-27;2*1-11-9-18-14(12-5-7-13(17)8-6-12)19(10-11)15(20)21-16(2,3)4;9-6(10)4-1-2-5(7(11)12)8-3-4;;/h3-12,17-19H,13-16H2,1-2H3,(H,31,32)(H,33,34)(H,35,37)(H,36,38);2*5-8,11H,9-10,17H2,1-4H3;1-3H,(H,9,10)(H,11,12);2*1H. The Bertz CT molecular complexity index is 3450. The highest BCUT2D eigenvalue weighted by Gasteiger charge is 2.32. The molecule has 94 heavy (non-hydrogen) atoms. The number of carbonyl (C=O) groups is 6. The maximum atomic E-state index is 12.7. The molecule has 4 unspecified atom stereocenters. The van der Waals surface area contributed by atoms with Crippen molar-refractivity contribution in [3.63, 3.8) is 0 Å². The number of carboxylic acids is 2. The summed E-state index contributed by atoms with van der Waals surface area (Å²) in [6, 6.07) is 35.2. The highest BCUT2D eigenvalue weighted by molar-refractivity contribution is 6.09. The van der Waals surface area contributed by atoms with E-state index in [9.17, 15) is 28.8 Å². The summed E-state index contributed by atoms with van der Waals surface area (Å²) >= 11 is 0. The highest BCUT2D eigenvalue weighted by atomic mass is 35.5. The Morgan fingerprint density at radius 1 is 0.468 bits per heavy atom. The first-order valence-corrected chi connectivity index (χ1v) is 30.2. The number of nitrogens with one attached hydrogen (secondary N) is 4. The van der Waals surface area contributed by atoms with Crippen LogP contribution in [0.3, 0.4) is 0 Å². The molecule has 0 fully saturated rings. The largest absolute Gasteiger partial charge is 0.478 e. The van der Waals surface area contributed by atoms with Crippen LogP contribution in [0.5, 0.6) is 0 Å². The van der Waals surface area contributed by atoms with Crippen LogP contribution in [0, 0.1) is 23.7 Å². The van der Waals surface area contributed by atoms with Gasteiger partial charge in [-0.25, -0.2) is 24.2 Å². The second-order valence-electron chi connectivity index (χ2n) is 24.9. The molecule has 10 rings (SSSR count). The van der Waals surface area contributed by atoms with Crippen molar-refractivity contribution in [2.75, 3.05) is 74.5 Å². The molecule has 4 amide bonds. The third-order valence-corrected chi connectivity index (χ3v) is 13.8. The van der Waals surface area contributed by atoms with Gasteiger partial charge in [0.15, 0.2) is 0 Å². The average Bonchev–Trinajstić information content (AvgIpc) is 0.838. The number of aliphatic imine (C=N–C) groups is 4. The van der Waals surface area contributed by atoms with E-state index in [1.54, 1.807) is 15.9 Å². The number of pyridine rings is 2. The second-order valence-corrected chi connectivity index (χ2v) is 24.9. The van der Waals surface area contributed by atoms with Crippen LogP contribution in [0.1, 0.15) is 133 Å². The lowest BCUT2D eigenvalue weighted by molar-refractivity contribution is 0.0335. The topological polar surface area (TPSA) is 343 Å². The van der Waals surface area contributed by atoms with Crippen LogP contribution in [0.2, 0.25) is 0 Å². The first-order chi connectivity index (χ1) is 43.6. The first kappa shape index (κ1) is 74.8. The summed E-state index contributed by atoms with van der Waals surface area (Å²) in [6.07, 6.45) is 1.69. The van der Waals surface area contributed by atoms with Gasteiger partial charge in [-0.15, -0.1) is 24.8 Å². The zero-order valence-electron chi connectivity index (χ0n) is 54.4. The maximum Gasteiger partial charge on any atom is 0.416 e. The van der Waals surface area contributed by atoms with Gasteiger partial charge in [0.25, 0.3) is 11.8 Å². The van der Waals surface area contributed by atoms with Crippen LogP contribution >= 0.6 is 24.8 Å². The number of hydrogen-bond acceptors (Lipinski definition) is 18. The lowest BCUT2D eigenvalue weighted by atomic mass is 10.1. The summed E-state index contributed by atoms with van der Waals surface area (Å²) in [5.74, 6) is 1.79. The third kappa shape index (κ3) is 22.7. The third-order valence-electron chi connectivity index (χ3n) is 13.8. The summed E-state index contributed by atoms with van der Waals surface area (Å²) in [4.78, 5) is 99.8. The van der Waals surface area contributed by atoms with Crippen LogP contribution in [0.25, 0.3) is 0 Å². The molecule has 4 aliphatic heterocycles. The quantitative estimate of drug-likeness (QED) is 0.0591. The number of carboxylic acid groups (broad SMARTS) is 2. The smallest absolute Gasteiger partial charge is 0.416 e. The fraction of sp³-hybridized carbons (Fsp3) is 0.353. The van der Waals surface area contributed by atoms with Gasteiger partial charge >= 0.3 is 24.1 Å². The van der Waals surface area contributed by atoms with Crippen LogP contribution < -0.4 is 32.7 Å². The number of aromatic nitrogens is 2. The molecule has 6 heterocycles. The van der Waals surface area contributed by atoms with Crippen molar-refractivity contribution in [2.45, 2.75) is 80.4 Å². The van der Waals surface area contributed by atoms with E-state index in [1.807, 2.05) is 139 Å². The molecule has 0 aliphatic carbocycles. The first-order valence-electron chi connectivity index (χ1n) is 30.2. The predicted molar refractivity (Wildman–Crippen MR) is 372 cm³/mol. The highest BCUT2D eigenvalue weighted by Crippen LogP contribution is 2.23. The Balaban J connectivity index is 0.000000245. The summed E-state index contributed by atoms with van der Waals surface area (Å²) in [6.45, 7) is 25.7. The summed E-state index contributed by atoms with van der Waals surface area (Å²) < 4.78 is 11.0. The van der Waals surface area contributed by atoms with E-state index in [1.165, 1.54) is 18.3 Å². The minimum Gasteiger partial charge on any atom is -0.478 e. The number of anilines is 4. The number of carbonyl (C=O) groups excluding carboxylic acids is 4. The number of hydrogen-bond donors (Lipinski definition) is 8. The van der Waals surface area contributed by atoms with Crippen molar-refractivity contribution in [3.05, 3.63) is 178 Å². The lowest BCUT2D eigenvalue weighted by Crippen LogP contribution is -2.46. The molecular weight excluding hydrogens is 1240 g/mol.